The third kappa shape index (κ3) is 27.3. The summed E-state index contributed by atoms with van der Waals surface area (Å²) in [5.74, 6) is 20.0. The lowest BCUT2D eigenvalue weighted by atomic mass is 9.83. The number of allylic oxidation sites excluding steroid dienone is 20. The van der Waals surface area contributed by atoms with E-state index in [0.29, 0.717) is 84.9 Å². The molecule has 0 aromatic carbocycles. The van der Waals surface area contributed by atoms with Gasteiger partial charge in [-0.2, -0.15) is 39.5 Å². The van der Waals surface area contributed by atoms with E-state index in [0.717, 1.165) is 212 Å². The molecule has 0 aromatic rings. The molecule has 20 aliphatic carbocycles. The van der Waals surface area contributed by atoms with E-state index in [2.05, 4.69) is 122 Å². The zero-order chi connectivity index (χ0) is 87.9. The SMILES string of the molecule is CC(O)(CC1CC2C=CC1C2)C(F)(F)F.CC(O)(CCC1CC2C=CC1C2)C(F)(F)F.CC(O)(CCCC1CC2C=CC1C2)C(F)(F)F.CCCC1CC2C=CC1C2.COCC1CC2C=CC1C2.COCC1CC2C=CC1C2.COCC1CC2C=CC1C2.COCC1CC2C=CC1C2.O=C(O)CC1CC2C=CC1C2.O=C(O)CCCC1CC2C=CC1C2. The van der Waals surface area contributed by atoms with Crippen molar-refractivity contribution in [1.82, 2.24) is 0 Å². The van der Waals surface area contributed by atoms with Crippen LogP contribution < -0.4 is 0 Å². The second-order valence-electron chi connectivity index (χ2n) is 41.8. The number of ether oxygens (including phenoxy) is 4. The molecule has 0 radical (unpaired) electrons. The van der Waals surface area contributed by atoms with Crippen LogP contribution in [0.2, 0.25) is 0 Å². The molecular formula is C102H151F9O11. The van der Waals surface area contributed by atoms with Crippen LogP contribution >= 0.6 is 0 Å². The number of alkyl halides is 9. The molecule has 122 heavy (non-hydrogen) atoms. The Kier molecular flexibility index (Phi) is 35.5. The van der Waals surface area contributed by atoms with Crippen LogP contribution in [0.25, 0.3) is 0 Å². The summed E-state index contributed by atoms with van der Waals surface area (Å²) in [6.07, 6.45) is 64.1. The number of carboxylic acids is 2. The number of methoxy groups -OCH3 is 4. The Labute approximate surface area is 724 Å². The van der Waals surface area contributed by atoms with Gasteiger partial charge in [0.1, 0.15) is 0 Å². The third-order valence-corrected chi connectivity index (χ3v) is 32.5. The second-order valence-corrected chi connectivity index (χ2v) is 41.8. The van der Waals surface area contributed by atoms with Crippen molar-refractivity contribution in [2.45, 2.75) is 268 Å². The van der Waals surface area contributed by atoms with Gasteiger partial charge < -0.3 is 44.5 Å². The number of aliphatic hydroxyl groups is 3. The maximum Gasteiger partial charge on any atom is 0.416 e. The molecule has 688 valence electrons. The quantitative estimate of drug-likeness (QED) is 0.0435. The van der Waals surface area contributed by atoms with E-state index >= 15 is 0 Å². The van der Waals surface area contributed by atoms with Crippen molar-refractivity contribution in [3.8, 4) is 0 Å². The van der Waals surface area contributed by atoms with Crippen molar-refractivity contribution in [3.05, 3.63) is 122 Å². The van der Waals surface area contributed by atoms with E-state index in [9.17, 15) is 64.4 Å². The Morgan fingerprint density at radius 2 is 0.516 bits per heavy atom. The summed E-state index contributed by atoms with van der Waals surface area (Å²) in [5.41, 5.74) is -7.59. The molecule has 5 N–H and O–H groups in total. The molecule has 0 aromatic heterocycles. The number of hydrogen-bond donors (Lipinski definition) is 5. The average molecular weight is 1720 g/mol. The Balaban J connectivity index is 0.000000133. The summed E-state index contributed by atoms with van der Waals surface area (Å²) in [4.78, 5) is 20.7. The molecule has 11 nitrogen and oxygen atoms in total. The third-order valence-electron chi connectivity index (χ3n) is 32.5. The Bertz CT molecular complexity index is 3370. The number of fused-ring (bicyclic) bond motifs is 20. The molecule has 0 heterocycles. The van der Waals surface area contributed by atoms with Crippen LogP contribution in [-0.2, 0) is 28.5 Å². The number of aliphatic carboxylic acids is 2. The van der Waals surface area contributed by atoms with Crippen LogP contribution in [0.15, 0.2) is 122 Å². The fraction of sp³-hybridized carbons (Fsp3) is 0.784. The van der Waals surface area contributed by atoms with Crippen molar-refractivity contribution in [2.75, 3.05) is 54.9 Å². The van der Waals surface area contributed by atoms with Gasteiger partial charge in [0.05, 0.1) is 0 Å². The van der Waals surface area contributed by atoms with Gasteiger partial charge >= 0.3 is 30.5 Å². The first-order valence-electron chi connectivity index (χ1n) is 47.5. The minimum absolute atomic E-state index is 0.00313. The lowest BCUT2D eigenvalue weighted by Crippen LogP contribution is -2.44. The van der Waals surface area contributed by atoms with Crippen LogP contribution in [0.3, 0.4) is 0 Å². The smallest absolute Gasteiger partial charge is 0.416 e. The zero-order valence-electron chi connectivity index (χ0n) is 74.4. The van der Waals surface area contributed by atoms with Gasteiger partial charge in [-0.15, -0.1) is 0 Å². The molecule has 20 bridgehead atoms. The van der Waals surface area contributed by atoms with Gasteiger partial charge in [-0.3, -0.25) is 9.59 Å². The summed E-state index contributed by atoms with van der Waals surface area (Å²) in [7, 11) is 7.21. The fourth-order valence-corrected chi connectivity index (χ4v) is 25.6. The molecule has 0 aliphatic heterocycles. The lowest BCUT2D eigenvalue weighted by molar-refractivity contribution is -0.259. The highest BCUT2D eigenvalue weighted by Crippen LogP contribution is 2.54. The van der Waals surface area contributed by atoms with Crippen LogP contribution in [-0.4, -0.2) is 128 Å². The Hall–Kier alpha value is -4.57. The summed E-state index contributed by atoms with van der Waals surface area (Å²) < 4.78 is 133. The van der Waals surface area contributed by atoms with Crippen molar-refractivity contribution in [1.29, 1.82) is 0 Å². The topological polar surface area (TPSA) is 172 Å². The molecule has 33 atom stereocenters. The zero-order valence-corrected chi connectivity index (χ0v) is 74.4. The molecule has 20 heteroatoms. The maximum absolute atomic E-state index is 12.5. The Morgan fingerprint density at radius 1 is 0.287 bits per heavy atom. The second kappa shape index (κ2) is 44.2. The van der Waals surface area contributed by atoms with Gasteiger partial charge in [-0.05, 0) is 378 Å². The van der Waals surface area contributed by atoms with E-state index < -0.39 is 47.3 Å². The van der Waals surface area contributed by atoms with E-state index in [1.165, 1.54) is 103 Å². The molecule has 0 spiro atoms. The number of carboxylic acid groups (broad SMARTS) is 2. The number of halogens is 9. The van der Waals surface area contributed by atoms with Gasteiger partial charge in [-0.1, -0.05) is 141 Å². The highest BCUT2D eigenvalue weighted by atomic mass is 19.4. The van der Waals surface area contributed by atoms with Crippen LogP contribution in [0.5, 0.6) is 0 Å². The molecule has 20 rings (SSSR count). The molecule has 20 aliphatic rings. The van der Waals surface area contributed by atoms with Crippen molar-refractivity contribution < 1.29 is 93.6 Å². The number of rotatable bonds is 25. The summed E-state index contributed by atoms with van der Waals surface area (Å²) in [6, 6.07) is 0. The lowest BCUT2D eigenvalue weighted by Gasteiger charge is -2.31. The van der Waals surface area contributed by atoms with Gasteiger partial charge in [-0.25, -0.2) is 0 Å². The molecule has 0 saturated heterocycles. The van der Waals surface area contributed by atoms with Gasteiger partial charge in [0.2, 0.25) is 0 Å². The van der Waals surface area contributed by atoms with Gasteiger partial charge in [0, 0.05) is 67.7 Å². The predicted octanol–water partition coefficient (Wildman–Crippen LogP) is 24.4. The summed E-state index contributed by atoms with van der Waals surface area (Å²) >= 11 is 0. The van der Waals surface area contributed by atoms with Crippen LogP contribution in [0.4, 0.5) is 39.5 Å². The van der Waals surface area contributed by atoms with Gasteiger partial charge in [0.15, 0.2) is 16.8 Å². The largest absolute Gasteiger partial charge is 0.481 e. The normalized spacial score (nSPS) is 39.5. The van der Waals surface area contributed by atoms with E-state index in [4.69, 9.17) is 29.2 Å². The van der Waals surface area contributed by atoms with Crippen molar-refractivity contribution >= 4 is 11.9 Å². The first-order chi connectivity index (χ1) is 57.9. The maximum atomic E-state index is 12.5. The highest BCUT2D eigenvalue weighted by molar-refractivity contribution is 5.67. The number of carbonyl (C=O) groups is 2. The minimum atomic E-state index is -4.52. The number of hydrogen-bond acceptors (Lipinski definition) is 9. The van der Waals surface area contributed by atoms with Crippen molar-refractivity contribution in [2.24, 2.45) is 178 Å². The Morgan fingerprint density at radius 3 is 0.738 bits per heavy atom. The minimum Gasteiger partial charge on any atom is -0.481 e. The van der Waals surface area contributed by atoms with Crippen LogP contribution in [0.1, 0.15) is 233 Å². The van der Waals surface area contributed by atoms with Crippen molar-refractivity contribution in [3.63, 3.8) is 0 Å². The van der Waals surface area contributed by atoms with E-state index in [1.807, 2.05) is 6.08 Å². The standard InChI is InChI=1S/C13H19F3O.C12H17F3O.C11H15F3O.C11H16O2.C10H16.C9H12O2.4C9H14O/c1-12(17,13(14,15)16)6-2-3-10-7-9-4-5-11(10)8-9;1-11(16,12(13,14)15)5-4-10-7-8-2-3-9(10)6-8;1-10(15,11(12,13)14)6-9-5-7-2-3-8(9)4-7;12-11(13)3-1-2-9-6-8-4-5-10(9)7-8;1-2-3-9-6-8-4-5-10(9)7-8;10-9(11)5-8-4-6-1-2-7(8)3-6;4*1-10-6-9-5-7-2-3-8(9)4-7/h4-5,9-11,17H,2-3,6-8H2,1H3;2-3,8-10,16H,4-7H2,1H3;2-3,7-9,15H,4-6H2,1H3;4-5,8-10H,1-3,6-7H2,(H,12,13);4-5,8-10H,2-3,6-7H2,1H3;1-2,6-8H,3-5H2,(H,10,11);4*2-3,7-9H,4-6H2,1H3. The molecule has 0 amide bonds. The average Bonchev–Trinajstić information content (AvgIpc) is 1.62. The predicted molar refractivity (Wildman–Crippen MR) is 462 cm³/mol. The first-order valence-corrected chi connectivity index (χ1v) is 47.5. The summed E-state index contributed by atoms with van der Waals surface area (Å²) in [6.45, 7) is 8.77. The molecule has 33 unspecified atom stereocenters. The monoisotopic (exact) mass is 1720 g/mol. The molecule has 10 fully saturated rings. The summed E-state index contributed by atoms with van der Waals surface area (Å²) in [5, 5.41) is 45.1. The first kappa shape index (κ1) is 98.0. The van der Waals surface area contributed by atoms with E-state index in [-0.39, 0.29) is 31.1 Å². The van der Waals surface area contributed by atoms with E-state index in [1.54, 1.807) is 28.4 Å². The van der Waals surface area contributed by atoms with Gasteiger partial charge in [0.25, 0.3) is 0 Å². The molecule has 10 saturated carbocycles. The van der Waals surface area contributed by atoms with Crippen LogP contribution in [0, 0.1) is 178 Å². The fourth-order valence-electron chi connectivity index (χ4n) is 25.6. The highest BCUT2D eigenvalue weighted by Gasteiger charge is 2.54. The molecular weight excluding hydrogens is 1570 g/mol.